The fourth-order valence-electron chi connectivity index (χ4n) is 2.12. The maximum atomic E-state index is 12.2. The van der Waals surface area contributed by atoms with E-state index in [9.17, 15) is 24.8 Å². The van der Waals surface area contributed by atoms with Crippen LogP contribution in [0.25, 0.3) is 0 Å². The first-order chi connectivity index (χ1) is 10.9. The lowest BCUT2D eigenvalue weighted by atomic mass is 9.91. The summed E-state index contributed by atoms with van der Waals surface area (Å²) in [5.74, 6) is -2.50. The molecule has 2 rings (SSSR count). The van der Waals surface area contributed by atoms with Gasteiger partial charge < -0.3 is 5.11 Å². The monoisotopic (exact) mass is 377 g/mol. The highest BCUT2D eigenvalue weighted by Crippen LogP contribution is 2.25. The maximum absolute atomic E-state index is 12.2. The summed E-state index contributed by atoms with van der Waals surface area (Å²) in [5, 5.41) is 20.0. The van der Waals surface area contributed by atoms with Crippen LogP contribution in [-0.2, 0) is 4.79 Å². The molecule has 1 N–H and O–H groups in total. The number of aliphatic carboxylic acids is 1. The van der Waals surface area contributed by atoms with Gasteiger partial charge in [-0.15, -0.1) is 0 Å². The number of rotatable bonds is 6. The quantitative estimate of drug-likeness (QED) is 0.469. The number of Topliss-reactive ketones (excluding diaryl/α,β-unsaturated/α-hetero) is 1. The molecule has 1 unspecified atom stereocenters. The number of nitrogens with zero attached hydrogens (tertiary/aromatic N) is 1. The number of nitro benzene ring substituents is 1. The molecular formula is C16H12BrNO5. The number of hydrogen-bond donors (Lipinski definition) is 1. The van der Waals surface area contributed by atoms with Crippen molar-refractivity contribution >= 4 is 33.4 Å². The van der Waals surface area contributed by atoms with Gasteiger partial charge in [0.15, 0.2) is 5.78 Å². The molecule has 118 valence electrons. The Balaban J connectivity index is 2.21. The molecule has 0 saturated heterocycles. The minimum absolute atomic E-state index is 0.128. The largest absolute Gasteiger partial charge is 0.481 e. The Kier molecular flexibility index (Phi) is 5.23. The number of ketones is 1. The van der Waals surface area contributed by atoms with E-state index >= 15 is 0 Å². The lowest BCUT2D eigenvalue weighted by Gasteiger charge is -2.12. The zero-order valence-electron chi connectivity index (χ0n) is 11.8. The summed E-state index contributed by atoms with van der Waals surface area (Å²) >= 11 is 3.26. The van der Waals surface area contributed by atoms with Crippen molar-refractivity contribution in [3.05, 3.63) is 74.2 Å². The molecule has 0 saturated carbocycles. The van der Waals surface area contributed by atoms with Gasteiger partial charge in [-0.25, -0.2) is 0 Å². The molecule has 0 fully saturated rings. The van der Waals surface area contributed by atoms with E-state index in [0.29, 0.717) is 11.1 Å². The van der Waals surface area contributed by atoms with Crippen molar-refractivity contribution in [3.63, 3.8) is 0 Å². The third-order valence-electron chi connectivity index (χ3n) is 3.36. The molecule has 0 radical (unpaired) electrons. The van der Waals surface area contributed by atoms with Gasteiger partial charge in [0, 0.05) is 28.6 Å². The van der Waals surface area contributed by atoms with E-state index in [1.54, 1.807) is 24.3 Å². The highest BCUT2D eigenvalue weighted by molar-refractivity contribution is 9.10. The van der Waals surface area contributed by atoms with E-state index in [1.165, 1.54) is 24.3 Å². The molecule has 0 spiro atoms. The predicted octanol–water partition coefficient (Wildman–Crippen LogP) is 3.80. The van der Waals surface area contributed by atoms with E-state index in [0.717, 1.165) is 4.47 Å². The van der Waals surface area contributed by atoms with Crippen LogP contribution in [0.5, 0.6) is 0 Å². The molecule has 0 bridgehead atoms. The molecule has 0 aliphatic carbocycles. The Morgan fingerprint density at radius 2 is 1.65 bits per heavy atom. The summed E-state index contributed by atoms with van der Waals surface area (Å²) in [6.45, 7) is 0. The first kappa shape index (κ1) is 16.8. The SMILES string of the molecule is O=C(CC(C(=O)O)c1ccc([N+](=O)[O-])cc1)c1ccc(Br)cc1. The molecule has 7 heteroatoms. The lowest BCUT2D eigenvalue weighted by molar-refractivity contribution is -0.384. The van der Waals surface area contributed by atoms with Crippen LogP contribution in [0.2, 0.25) is 0 Å². The molecular weight excluding hydrogens is 366 g/mol. The van der Waals surface area contributed by atoms with E-state index in [-0.39, 0.29) is 17.9 Å². The first-order valence-electron chi connectivity index (χ1n) is 6.64. The van der Waals surface area contributed by atoms with Crippen LogP contribution >= 0.6 is 15.9 Å². The van der Waals surface area contributed by atoms with Crippen molar-refractivity contribution in [2.24, 2.45) is 0 Å². The molecule has 2 aromatic rings. The van der Waals surface area contributed by atoms with Crippen LogP contribution in [0, 0.1) is 10.1 Å². The van der Waals surface area contributed by atoms with Crippen molar-refractivity contribution in [1.29, 1.82) is 0 Å². The van der Waals surface area contributed by atoms with Gasteiger partial charge in [-0.05, 0) is 17.7 Å². The van der Waals surface area contributed by atoms with Crippen molar-refractivity contribution in [3.8, 4) is 0 Å². The third kappa shape index (κ3) is 4.23. The molecule has 0 aromatic heterocycles. The molecule has 6 nitrogen and oxygen atoms in total. The van der Waals surface area contributed by atoms with Gasteiger partial charge in [0.1, 0.15) is 0 Å². The summed E-state index contributed by atoms with van der Waals surface area (Å²) in [6.07, 6.45) is -0.214. The number of carbonyl (C=O) groups is 2. The third-order valence-corrected chi connectivity index (χ3v) is 3.89. The second-order valence-electron chi connectivity index (χ2n) is 4.87. The van der Waals surface area contributed by atoms with Crippen LogP contribution in [0.4, 0.5) is 5.69 Å². The van der Waals surface area contributed by atoms with Gasteiger partial charge in [-0.1, -0.05) is 40.2 Å². The van der Waals surface area contributed by atoms with Gasteiger partial charge in [0.2, 0.25) is 0 Å². The highest BCUT2D eigenvalue weighted by atomic mass is 79.9. The molecule has 0 aliphatic rings. The average molecular weight is 378 g/mol. The smallest absolute Gasteiger partial charge is 0.311 e. The van der Waals surface area contributed by atoms with Crippen molar-refractivity contribution in [2.45, 2.75) is 12.3 Å². The number of nitro groups is 1. The number of carbonyl (C=O) groups excluding carboxylic acids is 1. The maximum Gasteiger partial charge on any atom is 0.311 e. The lowest BCUT2D eigenvalue weighted by Crippen LogP contribution is -2.16. The summed E-state index contributed by atoms with van der Waals surface area (Å²) in [5.41, 5.74) is 0.645. The first-order valence-corrected chi connectivity index (χ1v) is 7.43. The molecule has 2 aromatic carbocycles. The molecule has 0 heterocycles. The fourth-order valence-corrected chi connectivity index (χ4v) is 2.38. The van der Waals surface area contributed by atoms with Gasteiger partial charge in [-0.3, -0.25) is 19.7 Å². The molecule has 23 heavy (non-hydrogen) atoms. The summed E-state index contributed by atoms with van der Waals surface area (Å²) < 4.78 is 0.819. The number of benzene rings is 2. The average Bonchev–Trinajstić information content (AvgIpc) is 2.53. The Labute approximate surface area is 140 Å². The van der Waals surface area contributed by atoms with E-state index in [1.807, 2.05) is 0 Å². The van der Waals surface area contributed by atoms with Gasteiger partial charge in [0.05, 0.1) is 10.8 Å². The van der Waals surface area contributed by atoms with Crippen LogP contribution in [0.1, 0.15) is 28.3 Å². The molecule has 0 aliphatic heterocycles. The second kappa shape index (κ2) is 7.15. The summed E-state index contributed by atoms with van der Waals surface area (Å²) in [4.78, 5) is 33.8. The predicted molar refractivity (Wildman–Crippen MR) is 86.6 cm³/mol. The van der Waals surface area contributed by atoms with Crippen molar-refractivity contribution in [2.75, 3.05) is 0 Å². The van der Waals surface area contributed by atoms with Crippen molar-refractivity contribution in [1.82, 2.24) is 0 Å². The zero-order chi connectivity index (χ0) is 17.0. The molecule has 0 amide bonds. The van der Waals surface area contributed by atoms with Crippen LogP contribution in [-0.4, -0.2) is 21.8 Å². The minimum Gasteiger partial charge on any atom is -0.481 e. The Morgan fingerprint density at radius 1 is 1.09 bits per heavy atom. The number of carboxylic acids is 1. The standard InChI is InChI=1S/C16H12BrNO5/c17-12-5-1-11(2-6-12)15(19)9-14(16(20)21)10-3-7-13(8-4-10)18(22)23/h1-8,14H,9H2,(H,20,21). The number of halogens is 1. The van der Waals surface area contributed by atoms with Gasteiger partial charge in [-0.2, -0.15) is 0 Å². The highest BCUT2D eigenvalue weighted by Gasteiger charge is 2.24. The number of carboxylic acid groups (broad SMARTS) is 1. The van der Waals surface area contributed by atoms with Crippen molar-refractivity contribution < 1.29 is 19.6 Å². The van der Waals surface area contributed by atoms with Crippen LogP contribution in [0.15, 0.2) is 53.0 Å². The number of non-ortho nitro benzene ring substituents is 1. The Bertz CT molecular complexity index is 740. The summed E-state index contributed by atoms with van der Waals surface area (Å²) in [7, 11) is 0. The van der Waals surface area contributed by atoms with E-state index < -0.39 is 16.8 Å². The van der Waals surface area contributed by atoms with Gasteiger partial charge >= 0.3 is 5.97 Å². The van der Waals surface area contributed by atoms with Crippen LogP contribution < -0.4 is 0 Å². The van der Waals surface area contributed by atoms with E-state index in [4.69, 9.17) is 0 Å². The Morgan fingerprint density at radius 3 is 2.13 bits per heavy atom. The molecule has 1 atom stereocenters. The normalized spacial score (nSPS) is 11.7. The minimum atomic E-state index is -1.15. The fraction of sp³-hybridized carbons (Fsp3) is 0.125. The second-order valence-corrected chi connectivity index (χ2v) is 5.79. The summed E-state index contributed by atoms with van der Waals surface area (Å²) in [6, 6.07) is 11.8. The zero-order valence-corrected chi connectivity index (χ0v) is 13.4. The topological polar surface area (TPSA) is 97.5 Å². The van der Waals surface area contributed by atoms with Gasteiger partial charge in [0.25, 0.3) is 5.69 Å². The van der Waals surface area contributed by atoms with E-state index in [2.05, 4.69) is 15.9 Å². The Hall–Kier alpha value is -2.54. The van der Waals surface area contributed by atoms with Crippen LogP contribution in [0.3, 0.4) is 0 Å². The number of hydrogen-bond acceptors (Lipinski definition) is 4.